The number of pyridine rings is 2. The molecule has 5 aromatic rings. The Balaban J connectivity index is 0.998. The average molecular weight is 787 g/mol. The Morgan fingerprint density at radius 2 is 1.54 bits per heavy atom. The molecule has 9 rings (SSSR count). The van der Waals surface area contributed by atoms with Crippen LogP contribution in [0.15, 0.2) is 40.2 Å². The average Bonchev–Trinajstić information content (AvgIpc) is 4.13. The summed E-state index contributed by atoms with van der Waals surface area (Å²) in [4.78, 5) is 49.6. The predicted octanol–water partition coefficient (Wildman–Crippen LogP) is 5.33. The van der Waals surface area contributed by atoms with Gasteiger partial charge in [0.05, 0.1) is 34.8 Å². The van der Waals surface area contributed by atoms with E-state index in [4.69, 9.17) is 4.74 Å². The predicted molar refractivity (Wildman–Crippen MR) is 215 cm³/mol. The van der Waals surface area contributed by atoms with Gasteiger partial charge in [-0.15, -0.1) is 10.2 Å². The Labute approximate surface area is 325 Å². The van der Waals surface area contributed by atoms with E-state index in [0.717, 1.165) is 56.7 Å². The van der Waals surface area contributed by atoms with E-state index >= 15 is 8.78 Å². The van der Waals surface area contributed by atoms with Gasteiger partial charge in [0, 0.05) is 81.7 Å². The third-order valence-corrected chi connectivity index (χ3v) is 12.5. The summed E-state index contributed by atoms with van der Waals surface area (Å²) in [5.74, 6) is -0.720. The number of carbonyl (C=O) groups excluding carboxylic acids is 1. The highest BCUT2D eigenvalue weighted by Gasteiger charge is 2.33. The zero-order valence-corrected chi connectivity index (χ0v) is 32.6. The fraction of sp³-hybridized carbons (Fsp3) is 0.462. The number of amides is 2. The standard InChI is InChI=1S/C39H44F2N10O4S/c1-21-18-49(14-11-47(21)3)33-28(41)16-25-32(36(33)55-4)51(23-7-8-23)20-29(35(25)53)42-38(54)43-39-45-44-37(56-39)26-19-50(22-5-6-22)30-17-31(27(40)15-24(30)34(26)52)48-12-9-46(2)10-13-48/h15-17,19-23H,5-14,18H2,1-4H3,(H2,42,43,45,54). The minimum absolute atomic E-state index is 0.0334. The lowest BCUT2D eigenvalue weighted by Crippen LogP contribution is -2.50. The van der Waals surface area contributed by atoms with E-state index in [2.05, 4.69) is 37.6 Å². The van der Waals surface area contributed by atoms with Gasteiger partial charge < -0.3 is 38.8 Å². The number of aromatic nitrogens is 4. The second-order valence-electron chi connectivity index (χ2n) is 15.5. The Kier molecular flexibility index (Phi) is 9.20. The van der Waals surface area contributed by atoms with Crippen LogP contribution in [0.1, 0.15) is 44.7 Å². The number of carbonyl (C=O) groups is 1. The smallest absolute Gasteiger partial charge is 0.325 e. The SMILES string of the molecule is COc1c(N2CCN(C)C(C)C2)c(F)cc2c(=O)c(NC(=O)Nc3nnc(-c4cn(C5CC5)c5cc(N6CCN(C)CC6)c(F)cc5c4=O)s3)cn(C3CC3)c12. The molecule has 2 N–H and O–H groups in total. The van der Waals surface area contributed by atoms with E-state index in [9.17, 15) is 14.4 Å². The molecule has 2 saturated carbocycles. The van der Waals surface area contributed by atoms with Crippen LogP contribution in [0.25, 0.3) is 32.4 Å². The van der Waals surface area contributed by atoms with E-state index in [1.54, 1.807) is 18.5 Å². The van der Waals surface area contributed by atoms with Gasteiger partial charge >= 0.3 is 6.03 Å². The number of methoxy groups -OCH3 is 1. The highest BCUT2D eigenvalue weighted by Crippen LogP contribution is 2.45. The number of halogens is 2. The minimum Gasteiger partial charge on any atom is -0.492 e. The Morgan fingerprint density at radius 1 is 0.839 bits per heavy atom. The van der Waals surface area contributed by atoms with Gasteiger partial charge in [0.25, 0.3) is 0 Å². The normalized spacial score (nSPS) is 19.6. The number of urea groups is 1. The van der Waals surface area contributed by atoms with Gasteiger partial charge in [-0.1, -0.05) is 11.3 Å². The molecule has 2 aromatic carbocycles. The maximum Gasteiger partial charge on any atom is 0.325 e. The first-order chi connectivity index (χ1) is 27.0. The Morgan fingerprint density at radius 3 is 2.23 bits per heavy atom. The van der Waals surface area contributed by atoms with Crippen molar-refractivity contribution in [1.29, 1.82) is 0 Å². The van der Waals surface area contributed by atoms with Crippen molar-refractivity contribution in [3.63, 3.8) is 0 Å². The van der Waals surface area contributed by atoms with Crippen LogP contribution in [-0.4, -0.2) is 108 Å². The van der Waals surface area contributed by atoms with Crippen molar-refractivity contribution in [2.24, 2.45) is 0 Å². The van der Waals surface area contributed by atoms with Crippen molar-refractivity contribution in [2.45, 2.75) is 50.7 Å². The molecular weight excluding hydrogens is 743 g/mol. The number of anilines is 4. The number of likely N-dealkylation sites (N-methyl/N-ethyl adjacent to an activating group) is 2. The van der Waals surface area contributed by atoms with Crippen molar-refractivity contribution < 1.29 is 18.3 Å². The molecule has 17 heteroatoms. The zero-order valence-electron chi connectivity index (χ0n) is 31.8. The van der Waals surface area contributed by atoms with E-state index < -0.39 is 23.1 Å². The van der Waals surface area contributed by atoms with Crippen molar-refractivity contribution >= 4 is 61.4 Å². The molecule has 2 saturated heterocycles. The Bertz CT molecular complexity index is 2510. The quantitative estimate of drug-likeness (QED) is 0.213. The molecule has 0 spiro atoms. The number of ether oxygens (including phenoxy) is 1. The molecule has 4 aliphatic rings. The van der Waals surface area contributed by atoms with Crippen LogP contribution < -0.4 is 36.0 Å². The van der Waals surface area contributed by atoms with Crippen LogP contribution >= 0.6 is 11.3 Å². The number of nitrogens with zero attached hydrogens (tertiary/aromatic N) is 8. The maximum atomic E-state index is 16.0. The van der Waals surface area contributed by atoms with E-state index in [1.807, 2.05) is 33.0 Å². The first kappa shape index (κ1) is 36.5. The summed E-state index contributed by atoms with van der Waals surface area (Å²) in [6, 6.07) is 4.04. The number of nitrogens with one attached hydrogen (secondary N) is 2. The minimum atomic E-state index is -0.755. The number of benzene rings is 2. The molecule has 14 nitrogen and oxygen atoms in total. The van der Waals surface area contributed by atoms with Gasteiger partial charge in [0.15, 0.2) is 22.0 Å². The maximum absolute atomic E-state index is 16.0. The second-order valence-corrected chi connectivity index (χ2v) is 16.5. The number of piperazine rings is 2. The summed E-state index contributed by atoms with van der Waals surface area (Å²) in [6.45, 7) is 7.09. The lowest BCUT2D eigenvalue weighted by atomic mass is 10.1. The van der Waals surface area contributed by atoms with E-state index in [0.29, 0.717) is 54.3 Å². The van der Waals surface area contributed by atoms with E-state index in [1.165, 1.54) is 19.2 Å². The molecule has 0 radical (unpaired) electrons. The van der Waals surface area contributed by atoms with Crippen LogP contribution in [0.5, 0.6) is 5.75 Å². The molecular formula is C39H44F2N10O4S. The van der Waals surface area contributed by atoms with Gasteiger partial charge in [-0.05, 0) is 64.9 Å². The number of hydrogen-bond donors (Lipinski definition) is 2. The van der Waals surface area contributed by atoms with Gasteiger partial charge in [-0.2, -0.15) is 0 Å². The molecule has 0 bridgehead atoms. The van der Waals surface area contributed by atoms with Gasteiger partial charge in [0.2, 0.25) is 10.6 Å². The monoisotopic (exact) mass is 786 g/mol. The van der Waals surface area contributed by atoms with Crippen LogP contribution in [0, 0.1) is 11.6 Å². The number of rotatable bonds is 8. The molecule has 1 atom stereocenters. The van der Waals surface area contributed by atoms with Crippen LogP contribution in [0.2, 0.25) is 0 Å². The summed E-state index contributed by atoms with van der Waals surface area (Å²) < 4.78 is 41.4. The highest BCUT2D eigenvalue weighted by atomic mass is 32.1. The summed E-state index contributed by atoms with van der Waals surface area (Å²) in [5.41, 5.74) is 1.27. The molecule has 5 heterocycles. The Hall–Kier alpha value is -5.13. The van der Waals surface area contributed by atoms with Crippen molar-refractivity contribution in [3.8, 4) is 16.3 Å². The fourth-order valence-electron chi connectivity index (χ4n) is 8.00. The van der Waals surface area contributed by atoms with Crippen molar-refractivity contribution in [1.82, 2.24) is 29.1 Å². The number of hydrogen-bond acceptors (Lipinski definition) is 11. The van der Waals surface area contributed by atoms with Gasteiger partial charge in [-0.25, -0.2) is 13.6 Å². The fourth-order valence-corrected chi connectivity index (χ4v) is 8.75. The molecule has 2 amide bonds. The summed E-state index contributed by atoms with van der Waals surface area (Å²) in [7, 11) is 5.57. The molecule has 56 heavy (non-hydrogen) atoms. The van der Waals surface area contributed by atoms with Gasteiger partial charge in [-0.3, -0.25) is 14.9 Å². The molecule has 1 unspecified atom stereocenters. The first-order valence-corrected chi connectivity index (χ1v) is 19.9. The number of fused-ring (bicyclic) bond motifs is 2. The van der Waals surface area contributed by atoms with Crippen LogP contribution in [0.3, 0.4) is 0 Å². The van der Waals surface area contributed by atoms with Crippen LogP contribution in [-0.2, 0) is 0 Å². The van der Waals surface area contributed by atoms with Crippen molar-refractivity contribution in [2.75, 3.05) is 87.5 Å². The molecule has 294 valence electrons. The third-order valence-electron chi connectivity index (χ3n) is 11.6. The van der Waals surface area contributed by atoms with E-state index in [-0.39, 0.29) is 55.7 Å². The van der Waals surface area contributed by atoms with Gasteiger partial charge in [0.1, 0.15) is 17.2 Å². The van der Waals surface area contributed by atoms with Crippen molar-refractivity contribution in [3.05, 3.63) is 62.7 Å². The third kappa shape index (κ3) is 6.54. The summed E-state index contributed by atoms with van der Waals surface area (Å²) in [6.07, 6.45) is 6.95. The summed E-state index contributed by atoms with van der Waals surface area (Å²) >= 11 is 0.994. The molecule has 4 fully saturated rings. The lowest BCUT2D eigenvalue weighted by Gasteiger charge is -2.39. The topological polar surface area (TPSA) is 133 Å². The molecule has 2 aliphatic carbocycles. The summed E-state index contributed by atoms with van der Waals surface area (Å²) in [5, 5.41) is 14.3. The molecule has 2 aliphatic heterocycles. The first-order valence-electron chi connectivity index (χ1n) is 19.1. The second kappa shape index (κ2) is 14.1. The lowest BCUT2D eigenvalue weighted by molar-refractivity contribution is 0.232. The zero-order chi connectivity index (χ0) is 39.0. The largest absolute Gasteiger partial charge is 0.492 e. The van der Waals surface area contributed by atoms with Crippen LogP contribution in [0.4, 0.5) is 35.8 Å². The molecule has 3 aromatic heterocycles. The highest BCUT2D eigenvalue weighted by molar-refractivity contribution is 7.18.